The maximum absolute atomic E-state index is 13.2. The van der Waals surface area contributed by atoms with Crippen molar-refractivity contribution in [3.05, 3.63) is 59.9 Å². The van der Waals surface area contributed by atoms with Gasteiger partial charge >= 0.3 is 0 Å². The van der Waals surface area contributed by atoms with Crippen molar-refractivity contribution in [2.45, 2.75) is 6.92 Å². The minimum Gasteiger partial charge on any atom is -0.497 e. The number of hydrogen-bond acceptors (Lipinski definition) is 7. The van der Waals surface area contributed by atoms with E-state index in [4.69, 9.17) is 4.74 Å². The Morgan fingerprint density at radius 2 is 1.84 bits per heavy atom. The van der Waals surface area contributed by atoms with Crippen LogP contribution in [0, 0.1) is 6.92 Å². The molecule has 0 spiro atoms. The Kier molecular flexibility index (Phi) is 6.46. The van der Waals surface area contributed by atoms with Crippen molar-refractivity contribution in [2.75, 3.05) is 50.6 Å². The molecule has 2 aromatic carbocycles. The van der Waals surface area contributed by atoms with Crippen LogP contribution >= 0.6 is 0 Å². The molecule has 166 valence electrons. The number of tetrazole rings is 1. The molecule has 3 aromatic rings. The molecule has 1 aliphatic heterocycles. The van der Waals surface area contributed by atoms with E-state index in [1.165, 1.54) is 4.68 Å². The number of hydrogen-bond donors (Lipinski definition) is 1. The molecule has 9 heteroatoms. The molecule has 0 radical (unpaired) electrons. The molecule has 0 saturated carbocycles. The van der Waals surface area contributed by atoms with Gasteiger partial charge in [0.25, 0.3) is 5.91 Å². The first-order valence-electron chi connectivity index (χ1n) is 10.5. The van der Waals surface area contributed by atoms with Gasteiger partial charge in [0.15, 0.2) is 5.82 Å². The summed E-state index contributed by atoms with van der Waals surface area (Å²) in [4.78, 5) is 17.9. The fourth-order valence-electron chi connectivity index (χ4n) is 3.58. The predicted molar refractivity (Wildman–Crippen MR) is 124 cm³/mol. The highest BCUT2D eigenvalue weighted by Gasteiger charge is 2.18. The number of amides is 1. The number of ether oxygens (including phenoxy) is 1. The van der Waals surface area contributed by atoms with E-state index in [1.807, 2.05) is 48.5 Å². The first-order chi connectivity index (χ1) is 15.5. The van der Waals surface area contributed by atoms with Gasteiger partial charge in [0.1, 0.15) is 11.4 Å². The van der Waals surface area contributed by atoms with E-state index in [0.29, 0.717) is 23.0 Å². The summed E-state index contributed by atoms with van der Waals surface area (Å²) in [5, 5.41) is 14.5. The van der Waals surface area contributed by atoms with Gasteiger partial charge in [0, 0.05) is 37.6 Å². The van der Waals surface area contributed by atoms with Crippen molar-refractivity contribution in [1.82, 2.24) is 25.1 Å². The average molecular weight is 434 g/mol. The molecule has 0 aliphatic carbocycles. The number of aromatic nitrogens is 4. The number of carbonyl (C=O) groups is 1. The summed E-state index contributed by atoms with van der Waals surface area (Å²) in [6.07, 6.45) is 1.74. The smallest absolute Gasteiger partial charge is 0.274 e. The van der Waals surface area contributed by atoms with E-state index in [9.17, 15) is 4.79 Å². The maximum atomic E-state index is 13.2. The number of benzene rings is 2. The molecule has 1 fully saturated rings. The lowest BCUT2D eigenvalue weighted by Gasteiger charge is -2.34. The lowest BCUT2D eigenvalue weighted by Crippen LogP contribution is -2.44. The third-order valence-corrected chi connectivity index (χ3v) is 5.48. The predicted octanol–water partition coefficient (Wildman–Crippen LogP) is 2.38. The number of methoxy groups -OCH3 is 1. The van der Waals surface area contributed by atoms with E-state index in [2.05, 4.69) is 37.7 Å². The van der Waals surface area contributed by atoms with Gasteiger partial charge < -0.3 is 19.9 Å². The van der Waals surface area contributed by atoms with Crippen LogP contribution in [-0.4, -0.2) is 71.4 Å². The van der Waals surface area contributed by atoms with Gasteiger partial charge in [0.2, 0.25) is 0 Å². The number of likely N-dealkylation sites (N-methyl/N-ethyl adjacent to an activating group) is 1. The van der Waals surface area contributed by atoms with Gasteiger partial charge in [-0.2, -0.15) is 4.68 Å². The Morgan fingerprint density at radius 1 is 1.09 bits per heavy atom. The highest BCUT2D eigenvalue weighted by atomic mass is 16.5. The van der Waals surface area contributed by atoms with Crippen LogP contribution in [0.2, 0.25) is 0 Å². The summed E-state index contributed by atoms with van der Waals surface area (Å²) >= 11 is 0. The number of aryl methyl sites for hydroxylation is 1. The van der Waals surface area contributed by atoms with Crippen molar-refractivity contribution in [1.29, 1.82) is 0 Å². The van der Waals surface area contributed by atoms with E-state index in [0.717, 1.165) is 37.4 Å². The number of anilines is 2. The summed E-state index contributed by atoms with van der Waals surface area (Å²) in [6.45, 7) is 5.82. The monoisotopic (exact) mass is 433 g/mol. The molecule has 9 nitrogen and oxygen atoms in total. The van der Waals surface area contributed by atoms with Gasteiger partial charge in [-0.1, -0.05) is 12.1 Å². The summed E-state index contributed by atoms with van der Waals surface area (Å²) in [5.74, 6) is 0.904. The summed E-state index contributed by atoms with van der Waals surface area (Å²) in [6, 6.07) is 15.4. The van der Waals surface area contributed by atoms with Crippen molar-refractivity contribution >= 4 is 29.1 Å². The zero-order valence-electron chi connectivity index (χ0n) is 18.5. The lowest BCUT2D eigenvalue weighted by atomic mass is 10.1. The zero-order valence-corrected chi connectivity index (χ0v) is 18.5. The van der Waals surface area contributed by atoms with Crippen LogP contribution in [0.25, 0.3) is 11.8 Å². The maximum Gasteiger partial charge on any atom is 0.274 e. The van der Waals surface area contributed by atoms with Crippen molar-refractivity contribution in [3.63, 3.8) is 0 Å². The standard InChI is InChI=1S/C23H27N7O2/c1-17-25-26-27-30(17)22(16-18-5-4-6-21(15-18)32-3)23(31)24-19-7-9-20(10-8-19)29-13-11-28(2)12-14-29/h4-10,15-16H,11-14H2,1-3H3,(H,24,31)/b22-16-. The largest absolute Gasteiger partial charge is 0.497 e. The van der Waals surface area contributed by atoms with Crippen LogP contribution in [0.3, 0.4) is 0 Å². The van der Waals surface area contributed by atoms with Crippen molar-refractivity contribution in [3.8, 4) is 5.75 Å². The van der Waals surface area contributed by atoms with E-state index in [1.54, 1.807) is 20.1 Å². The molecule has 4 rings (SSSR count). The molecular weight excluding hydrogens is 406 g/mol. The Morgan fingerprint density at radius 3 is 2.50 bits per heavy atom. The second-order valence-electron chi connectivity index (χ2n) is 7.74. The molecule has 32 heavy (non-hydrogen) atoms. The zero-order chi connectivity index (χ0) is 22.5. The van der Waals surface area contributed by atoms with E-state index < -0.39 is 0 Å². The molecule has 1 amide bonds. The third kappa shape index (κ3) is 4.94. The van der Waals surface area contributed by atoms with Gasteiger partial charge in [0.05, 0.1) is 7.11 Å². The Hall–Kier alpha value is -3.72. The summed E-state index contributed by atoms with van der Waals surface area (Å²) in [5.41, 5.74) is 2.97. The molecule has 1 aromatic heterocycles. The SMILES string of the molecule is COc1cccc(/C=C(/C(=O)Nc2ccc(N3CCN(C)CC3)cc2)n2nnnc2C)c1. The topological polar surface area (TPSA) is 88.4 Å². The molecule has 1 aliphatic rings. The molecule has 0 unspecified atom stereocenters. The number of nitrogens with zero attached hydrogens (tertiary/aromatic N) is 6. The fourth-order valence-corrected chi connectivity index (χ4v) is 3.58. The Labute approximate surface area is 187 Å². The van der Waals surface area contributed by atoms with Crippen LogP contribution in [0.4, 0.5) is 11.4 Å². The average Bonchev–Trinajstić information content (AvgIpc) is 3.24. The first kappa shape index (κ1) is 21.5. The van der Waals surface area contributed by atoms with Crippen LogP contribution in [0.1, 0.15) is 11.4 Å². The molecule has 0 atom stereocenters. The van der Waals surface area contributed by atoms with Crippen LogP contribution in [0.15, 0.2) is 48.5 Å². The fraction of sp³-hybridized carbons (Fsp3) is 0.304. The summed E-state index contributed by atoms with van der Waals surface area (Å²) < 4.78 is 6.71. The number of rotatable bonds is 6. The minimum absolute atomic E-state index is 0.309. The molecule has 2 heterocycles. The third-order valence-electron chi connectivity index (χ3n) is 5.48. The molecular formula is C23H27N7O2. The second-order valence-corrected chi connectivity index (χ2v) is 7.74. The van der Waals surface area contributed by atoms with Gasteiger partial charge in [-0.15, -0.1) is 5.10 Å². The highest BCUT2D eigenvalue weighted by molar-refractivity contribution is 6.24. The lowest BCUT2D eigenvalue weighted by molar-refractivity contribution is -0.111. The van der Waals surface area contributed by atoms with Crippen molar-refractivity contribution < 1.29 is 9.53 Å². The van der Waals surface area contributed by atoms with E-state index >= 15 is 0 Å². The molecule has 1 N–H and O–H groups in total. The first-order valence-corrected chi connectivity index (χ1v) is 10.5. The van der Waals surface area contributed by atoms with Crippen LogP contribution in [0.5, 0.6) is 5.75 Å². The number of carbonyl (C=O) groups excluding carboxylic acids is 1. The van der Waals surface area contributed by atoms with Crippen molar-refractivity contribution in [2.24, 2.45) is 0 Å². The Balaban J connectivity index is 1.55. The Bertz CT molecular complexity index is 1100. The normalized spacial score (nSPS) is 15.0. The minimum atomic E-state index is -0.310. The molecule has 1 saturated heterocycles. The molecule has 0 bridgehead atoms. The number of nitrogens with one attached hydrogen (secondary N) is 1. The van der Waals surface area contributed by atoms with Gasteiger partial charge in [-0.25, -0.2) is 0 Å². The number of piperazine rings is 1. The second kappa shape index (κ2) is 9.61. The van der Waals surface area contributed by atoms with E-state index in [-0.39, 0.29) is 5.91 Å². The quantitative estimate of drug-likeness (QED) is 0.597. The van der Waals surface area contributed by atoms with Gasteiger partial charge in [-0.05, 0) is 72.4 Å². The van der Waals surface area contributed by atoms with Crippen LogP contribution < -0.4 is 15.0 Å². The summed E-state index contributed by atoms with van der Waals surface area (Å²) in [7, 11) is 3.74. The van der Waals surface area contributed by atoms with Crippen LogP contribution in [-0.2, 0) is 4.79 Å². The highest BCUT2D eigenvalue weighted by Crippen LogP contribution is 2.22. The van der Waals surface area contributed by atoms with Gasteiger partial charge in [-0.3, -0.25) is 4.79 Å².